The first kappa shape index (κ1) is 16.8. The molecular formula is C19H18N2O4S. The number of para-hydroxylation sites is 2. The van der Waals surface area contributed by atoms with E-state index in [2.05, 4.69) is 5.32 Å². The van der Waals surface area contributed by atoms with Crippen molar-refractivity contribution in [3.63, 3.8) is 0 Å². The van der Waals surface area contributed by atoms with Gasteiger partial charge in [-0.15, -0.1) is 11.3 Å². The van der Waals surface area contributed by atoms with Crippen LogP contribution in [0, 0.1) is 0 Å². The van der Waals surface area contributed by atoms with Gasteiger partial charge in [0.25, 0.3) is 11.8 Å². The van der Waals surface area contributed by atoms with Crippen LogP contribution in [0.5, 0.6) is 0 Å². The van der Waals surface area contributed by atoms with Crippen LogP contribution in [0.25, 0.3) is 0 Å². The zero-order valence-electron chi connectivity index (χ0n) is 14.1. The predicted octanol–water partition coefficient (Wildman–Crippen LogP) is 3.20. The van der Waals surface area contributed by atoms with Gasteiger partial charge in [-0.3, -0.25) is 14.5 Å². The van der Waals surface area contributed by atoms with E-state index in [9.17, 15) is 14.4 Å². The summed E-state index contributed by atoms with van der Waals surface area (Å²) in [6.07, 6.45) is 2.98. The van der Waals surface area contributed by atoms with Crippen LogP contribution in [0.4, 0.5) is 11.4 Å². The lowest BCUT2D eigenvalue weighted by molar-refractivity contribution is -0.129. The van der Waals surface area contributed by atoms with Crippen LogP contribution < -0.4 is 10.2 Å². The lowest BCUT2D eigenvalue weighted by atomic mass is 9.90. The maximum absolute atomic E-state index is 13.0. The van der Waals surface area contributed by atoms with Gasteiger partial charge in [-0.05, 0) is 36.4 Å². The molecule has 2 heterocycles. The van der Waals surface area contributed by atoms with Gasteiger partial charge in [0.05, 0.1) is 11.4 Å². The molecule has 2 amide bonds. The number of thiophene rings is 1. The number of amides is 2. The highest BCUT2D eigenvalue weighted by atomic mass is 32.1. The van der Waals surface area contributed by atoms with E-state index in [0.29, 0.717) is 29.1 Å². The second kappa shape index (κ2) is 6.57. The molecule has 0 atom stereocenters. The highest BCUT2D eigenvalue weighted by molar-refractivity contribution is 7.11. The fraction of sp³-hybridized carbons (Fsp3) is 0.316. The van der Waals surface area contributed by atoms with Crippen LogP contribution in [0.3, 0.4) is 0 Å². The highest BCUT2D eigenvalue weighted by Crippen LogP contribution is 2.45. The average molecular weight is 370 g/mol. The van der Waals surface area contributed by atoms with Gasteiger partial charge >= 0.3 is 5.97 Å². The number of esters is 1. The molecule has 1 aromatic carbocycles. The number of nitrogens with one attached hydrogen (secondary N) is 1. The quantitative estimate of drug-likeness (QED) is 0.842. The van der Waals surface area contributed by atoms with Crippen LogP contribution in [-0.2, 0) is 14.3 Å². The van der Waals surface area contributed by atoms with E-state index in [-0.39, 0.29) is 18.4 Å². The summed E-state index contributed by atoms with van der Waals surface area (Å²) >= 11 is 1.26. The van der Waals surface area contributed by atoms with Gasteiger partial charge in [0.15, 0.2) is 6.61 Å². The summed E-state index contributed by atoms with van der Waals surface area (Å²) < 4.78 is 5.20. The smallest absolute Gasteiger partial charge is 0.348 e. The van der Waals surface area contributed by atoms with E-state index < -0.39 is 11.5 Å². The largest absolute Gasteiger partial charge is 0.451 e. The first-order valence-corrected chi connectivity index (χ1v) is 9.44. The number of fused-ring (bicyclic) bond motifs is 1. The first-order valence-electron chi connectivity index (χ1n) is 8.56. The summed E-state index contributed by atoms with van der Waals surface area (Å²) in [5.41, 5.74) is 0.375. The van der Waals surface area contributed by atoms with Crippen molar-refractivity contribution in [3.05, 3.63) is 46.7 Å². The third-order valence-electron chi connectivity index (χ3n) is 4.97. The number of ether oxygens (including phenoxy) is 1. The van der Waals surface area contributed by atoms with Crippen molar-refractivity contribution >= 4 is 40.5 Å². The Morgan fingerprint density at radius 1 is 1.15 bits per heavy atom. The third kappa shape index (κ3) is 2.68. The Bertz CT molecular complexity index is 856. The molecule has 1 N–H and O–H groups in total. The summed E-state index contributed by atoms with van der Waals surface area (Å²) in [6.45, 7) is -0.389. The van der Waals surface area contributed by atoms with E-state index in [1.807, 2.05) is 18.2 Å². The maximum atomic E-state index is 13.0. The molecule has 0 saturated heterocycles. The molecule has 0 radical (unpaired) electrons. The summed E-state index contributed by atoms with van der Waals surface area (Å²) in [5, 5.41) is 4.70. The van der Waals surface area contributed by atoms with Crippen LogP contribution >= 0.6 is 11.3 Å². The normalized spacial score (nSPS) is 17.7. The van der Waals surface area contributed by atoms with Gasteiger partial charge in [0, 0.05) is 0 Å². The Kier molecular flexibility index (Phi) is 4.24. The summed E-state index contributed by atoms with van der Waals surface area (Å²) in [4.78, 5) is 39.9. The van der Waals surface area contributed by atoms with Gasteiger partial charge in [0.1, 0.15) is 10.4 Å². The van der Waals surface area contributed by atoms with Crippen LogP contribution in [0.1, 0.15) is 35.4 Å². The molecule has 0 unspecified atom stereocenters. The number of carbonyl (C=O) groups is 3. The minimum Gasteiger partial charge on any atom is -0.451 e. The van der Waals surface area contributed by atoms with Crippen molar-refractivity contribution in [2.75, 3.05) is 16.8 Å². The fourth-order valence-electron chi connectivity index (χ4n) is 3.79. The molecule has 26 heavy (non-hydrogen) atoms. The van der Waals surface area contributed by atoms with Crippen molar-refractivity contribution in [3.8, 4) is 0 Å². The van der Waals surface area contributed by atoms with Gasteiger partial charge in [-0.25, -0.2) is 4.79 Å². The third-order valence-corrected chi connectivity index (χ3v) is 5.82. The molecule has 134 valence electrons. The van der Waals surface area contributed by atoms with Crippen molar-refractivity contribution < 1.29 is 19.1 Å². The van der Waals surface area contributed by atoms with Gasteiger partial charge in [-0.1, -0.05) is 31.0 Å². The lowest BCUT2D eigenvalue weighted by Gasteiger charge is -2.44. The van der Waals surface area contributed by atoms with Crippen LogP contribution in [0.2, 0.25) is 0 Å². The van der Waals surface area contributed by atoms with Crippen molar-refractivity contribution in [2.45, 2.75) is 31.2 Å². The zero-order valence-corrected chi connectivity index (χ0v) is 14.9. The molecule has 1 fully saturated rings. The summed E-state index contributed by atoms with van der Waals surface area (Å²) in [5.74, 6) is -1.06. The monoisotopic (exact) mass is 370 g/mol. The Morgan fingerprint density at radius 2 is 1.92 bits per heavy atom. The Morgan fingerprint density at radius 3 is 2.65 bits per heavy atom. The number of nitrogens with zero attached hydrogens (tertiary/aromatic N) is 1. The second-order valence-electron chi connectivity index (χ2n) is 6.49. The predicted molar refractivity (Wildman–Crippen MR) is 98.4 cm³/mol. The van der Waals surface area contributed by atoms with Gasteiger partial charge in [0.2, 0.25) is 0 Å². The molecule has 4 rings (SSSR count). The topological polar surface area (TPSA) is 75.7 Å². The van der Waals surface area contributed by atoms with Gasteiger partial charge in [-0.2, -0.15) is 0 Å². The molecule has 1 aromatic heterocycles. The SMILES string of the molecule is O=C(OCC(=O)N1c2ccccc2NC(=O)C12CCCC2)c1cccs1. The molecular weight excluding hydrogens is 352 g/mol. The lowest BCUT2D eigenvalue weighted by Crippen LogP contribution is -2.61. The van der Waals surface area contributed by atoms with E-state index in [1.165, 1.54) is 11.3 Å². The molecule has 2 aliphatic rings. The number of hydrogen-bond acceptors (Lipinski definition) is 5. The summed E-state index contributed by atoms with van der Waals surface area (Å²) in [6, 6.07) is 10.6. The Labute approximate surface area is 154 Å². The van der Waals surface area contributed by atoms with Crippen molar-refractivity contribution in [2.24, 2.45) is 0 Å². The first-order chi connectivity index (χ1) is 12.6. The van der Waals surface area contributed by atoms with Crippen molar-refractivity contribution in [1.29, 1.82) is 0 Å². The molecule has 2 aromatic rings. The molecule has 1 saturated carbocycles. The molecule has 0 bridgehead atoms. The van der Waals surface area contributed by atoms with E-state index in [1.54, 1.807) is 28.5 Å². The molecule has 1 aliphatic heterocycles. The van der Waals surface area contributed by atoms with Crippen LogP contribution in [-0.4, -0.2) is 29.9 Å². The second-order valence-corrected chi connectivity index (χ2v) is 7.44. The number of anilines is 2. The molecule has 7 heteroatoms. The minimum atomic E-state index is -0.888. The Hall–Kier alpha value is -2.67. The zero-order chi connectivity index (χ0) is 18.1. The van der Waals surface area contributed by atoms with E-state index in [0.717, 1.165) is 12.8 Å². The van der Waals surface area contributed by atoms with E-state index in [4.69, 9.17) is 4.74 Å². The number of hydrogen-bond donors (Lipinski definition) is 1. The van der Waals surface area contributed by atoms with Crippen LogP contribution in [0.15, 0.2) is 41.8 Å². The van der Waals surface area contributed by atoms with Crippen molar-refractivity contribution in [1.82, 2.24) is 0 Å². The maximum Gasteiger partial charge on any atom is 0.348 e. The highest BCUT2D eigenvalue weighted by Gasteiger charge is 2.52. The molecule has 1 spiro atoms. The number of benzene rings is 1. The van der Waals surface area contributed by atoms with Gasteiger partial charge < -0.3 is 10.1 Å². The molecule has 1 aliphatic carbocycles. The minimum absolute atomic E-state index is 0.161. The fourth-order valence-corrected chi connectivity index (χ4v) is 4.40. The average Bonchev–Trinajstić information content (AvgIpc) is 3.33. The number of rotatable bonds is 3. The standard InChI is InChI=1S/C19H18N2O4S/c22-16(12-25-17(23)15-8-5-11-26-15)21-14-7-2-1-6-13(14)20-18(24)19(21)9-3-4-10-19/h1-2,5-8,11H,3-4,9-10,12H2,(H,20,24). The van der Waals surface area contributed by atoms with E-state index >= 15 is 0 Å². The Balaban J connectivity index is 1.62. The summed E-state index contributed by atoms with van der Waals surface area (Å²) in [7, 11) is 0. The number of carbonyl (C=O) groups excluding carboxylic acids is 3. The molecule has 6 nitrogen and oxygen atoms in total.